The summed E-state index contributed by atoms with van der Waals surface area (Å²) in [6, 6.07) is 12.0. The number of benzene rings is 2. The van der Waals surface area contributed by atoms with Crippen LogP contribution in [0, 0.1) is 7.14 Å². The van der Waals surface area contributed by atoms with Gasteiger partial charge in [0, 0.05) is 9.13 Å². The van der Waals surface area contributed by atoms with E-state index in [1.165, 1.54) is 6.21 Å². The van der Waals surface area contributed by atoms with Gasteiger partial charge in [-0.3, -0.25) is 4.79 Å². The highest BCUT2D eigenvalue weighted by Gasteiger charge is 2.24. The van der Waals surface area contributed by atoms with E-state index in [4.69, 9.17) is 9.47 Å². The second kappa shape index (κ2) is 12.3. The van der Waals surface area contributed by atoms with E-state index in [0.29, 0.717) is 9.13 Å². The van der Waals surface area contributed by atoms with Crippen LogP contribution in [0.2, 0.25) is 0 Å². The summed E-state index contributed by atoms with van der Waals surface area (Å²) in [4.78, 5) is 24.8. The van der Waals surface area contributed by atoms with Crippen LogP contribution in [-0.2, 0) is 20.9 Å². The highest BCUT2D eigenvalue weighted by Crippen LogP contribution is 2.25. The van der Waals surface area contributed by atoms with Crippen molar-refractivity contribution in [2.75, 3.05) is 6.61 Å². The second-order valence-corrected chi connectivity index (χ2v) is 10.2. The molecule has 0 heterocycles. The monoisotopic (exact) mass is 665 g/mol. The van der Waals surface area contributed by atoms with Gasteiger partial charge in [0.1, 0.15) is 17.4 Å². The summed E-state index contributed by atoms with van der Waals surface area (Å²) in [5.41, 5.74) is 3.06. The number of hydrazone groups is 1. The number of halogens is 2. The predicted octanol–water partition coefficient (Wildman–Crippen LogP) is 4.16. The molecule has 0 unspecified atom stereocenters. The van der Waals surface area contributed by atoms with Crippen molar-refractivity contribution in [2.24, 2.45) is 5.10 Å². The molecule has 2 aromatic rings. The minimum absolute atomic E-state index is 0.0682. The number of aromatic hydroxyl groups is 1. The van der Waals surface area contributed by atoms with Crippen molar-refractivity contribution in [3.05, 3.63) is 60.7 Å². The molecule has 0 fully saturated rings. The maximum absolute atomic E-state index is 12.7. The summed E-state index contributed by atoms with van der Waals surface area (Å²) in [5, 5.41) is 16.6. The van der Waals surface area contributed by atoms with Crippen LogP contribution in [0.25, 0.3) is 0 Å². The third kappa shape index (κ3) is 9.28. The number of alkyl carbamates (subject to hydrolysis) is 1. The molecule has 0 aliphatic heterocycles. The van der Waals surface area contributed by atoms with Crippen LogP contribution < -0.4 is 10.7 Å². The summed E-state index contributed by atoms with van der Waals surface area (Å²) in [6.45, 7) is 5.38. The van der Waals surface area contributed by atoms with Crippen molar-refractivity contribution < 1.29 is 24.2 Å². The molecule has 3 N–H and O–H groups in total. The highest BCUT2D eigenvalue weighted by atomic mass is 127. The van der Waals surface area contributed by atoms with Crippen LogP contribution in [0.1, 0.15) is 31.9 Å². The lowest BCUT2D eigenvalue weighted by Crippen LogP contribution is -2.49. The highest BCUT2D eigenvalue weighted by molar-refractivity contribution is 14.1. The van der Waals surface area contributed by atoms with Gasteiger partial charge in [0.05, 0.1) is 23.0 Å². The van der Waals surface area contributed by atoms with Crippen LogP contribution in [0.3, 0.4) is 0 Å². The van der Waals surface area contributed by atoms with Gasteiger partial charge in [0.15, 0.2) is 0 Å². The zero-order valence-corrected chi connectivity index (χ0v) is 22.2. The van der Waals surface area contributed by atoms with Crippen LogP contribution in [0.5, 0.6) is 5.75 Å². The Hall–Kier alpha value is -1.93. The third-order valence-electron chi connectivity index (χ3n) is 3.84. The molecule has 172 valence electrons. The normalized spacial score (nSPS) is 12.4. The van der Waals surface area contributed by atoms with Crippen LogP contribution >= 0.6 is 45.2 Å². The molecule has 0 aliphatic carbocycles. The molecule has 32 heavy (non-hydrogen) atoms. The summed E-state index contributed by atoms with van der Waals surface area (Å²) in [7, 11) is 0. The number of phenols is 1. The second-order valence-electron chi connectivity index (χ2n) is 7.76. The number of phenolic OH excluding ortho intramolecular Hbond substituents is 1. The van der Waals surface area contributed by atoms with Gasteiger partial charge < -0.3 is 19.9 Å². The number of amides is 2. The molecule has 0 spiro atoms. The fraction of sp³-hybridized carbons (Fsp3) is 0.318. The van der Waals surface area contributed by atoms with Crippen LogP contribution in [0.4, 0.5) is 4.79 Å². The van der Waals surface area contributed by atoms with Gasteiger partial charge in [-0.25, -0.2) is 10.2 Å². The van der Waals surface area contributed by atoms with Crippen molar-refractivity contribution in [1.29, 1.82) is 0 Å². The third-order valence-corrected chi connectivity index (χ3v) is 5.28. The molecule has 0 bridgehead atoms. The lowest BCUT2D eigenvalue weighted by molar-refractivity contribution is -0.124. The maximum Gasteiger partial charge on any atom is 0.408 e. The van der Waals surface area contributed by atoms with Gasteiger partial charge in [0.25, 0.3) is 5.91 Å². The molecular weight excluding hydrogens is 640 g/mol. The zero-order valence-electron chi connectivity index (χ0n) is 17.9. The van der Waals surface area contributed by atoms with E-state index >= 15 is 0 Å². The summed E-state index contributed by atoms with van der Waals surface area (Å²) in [5.74, 6) is -0.515. The quantitative estimate of drug-likeness (QED) is 0.223. The first kappa shape index (κ1) is 26.3. The lowest BCUT2D eigenvalue weighted by Gasteiger charge is -2.22. The largest absolute Gasteiger partial charge is 0.506 e. The molecule has 2 aromatic carbocycles. The van der Waals surface area contributed by atoms with E-state index in [1.54, 1.807) is 26.8 Å². The number of hydrogen-bond donors (Lipinski definition) is 3. The van der Waals surface area contributed by atoms with Crippen molar-refractivity contribution in [2.45, 2.75) is 39.0 Å². The molecule has 0 saturated carbocycles. The fourth-order valence-corrected chi connectivity index (χ4v) is 4.32. The Morgan fingerprint density at radius 3 is 2.53 bits per heavy atom. The fourth-order valence-electron chi connectivity index (χ4n) is 2.43. The first-order valence-corrected chi connectivity index (χ1v) is 11.8. The van der Waals surface area contributed by atoms with Crippen LogP contribution in [-0.4, -0.2) is 41.6 Å². The Bertz CT molecular complexity index is 962. The van der Waals surface area contributed by atoms with Gasteiger partial charge in [0.2, 0.25) is 0 Å². The minimum atomic E-state index is -1.03. The number of hydrogen-bond acceptors (Lipinski definition) is 6. The molecule has 0 radical (unpaired) electrons. The van der Waals surface area contributed by atoms with E-state index < -0.39 is 23.6 Å². The van der Waals surface area contributed by atoms with Crippen molar-refractivity contribution in [3.8, 4) is 5.75 Å². The zero-order chi connectivity index (χ0) is 23.7. The summed E-state index contributed by atoms with van der Waals surface area (Å²) >= 11 is 4.14. The predicted molar refractivity (Wildman–Crippen MR) is 139 cm³/mol. The molecule has 2 amide bonds. The molecule has 8 nitrogen and oxygen atoms in total. The first-order chi connectivity index (χ1) is 15.0. The Labute approximate surface area is 214 Å². The smallest absolute Gasteiger partial charge is 0.408 e. The molecule has 0 aliphatic rings. The van der Waals surface area contributed by atoms with Crippen molar-refractivity contribution in [3.63, 3.8) is 0 Å². The van der Waals surface area contributed by atoms with E-state index in [1.807, 2.05) is 59.0 Å². The Morgan fingerprint density at radius 1 is 1.19 bits per heavy atom. The summed E-state index contributed by atoms with van der Waals surface area (Å²) < 4.78 is 12.4. The maximum atomic E-state index is 12.7. The Kier molecular flexibility index (Phi) is 10.2. The summed E-state index contributed by atoms with van der Waals surface area (Å²) in [6.07, 6.45) is 0.599. The van der Waals surface area contributed by atoms with Gasteiger partial charge >= 0.3 is 6.09 Å². The van der Waals surface area contributed by atoms with Crippen LogP contribution in [0.15, 0.2) is 47.6 Å². The van der Waals surface area contributed by atoms with E-state index in [-0.39, 0.29) is 19.0 Å². The van der Waals surface area contributed by atoms with E-state index in [0.717, 1.165) is 9.13 Å². The number of rotatable bonds is 8. The number of nitrogens with zero attached hydrogens (tertiary/aromatic N) is 1. The molecule has 2 rings (SSSR count). The Balaban J connectivity index is 2.04. The van der Waals surface area contributed by atoms with Gasteiger partial charge in [-0.2, -0.15) is 5.10 Å². The van der Waals surface area contributed by atoms with Gasteiger partial charge in [-0.1, -0.05) is 30.3 Å². The van der Waals surface area contributed by atoms with E-state index in [2.05, 4.69) is 38.4 Å². The molecular formula is C22H25I2N3O5. The number of ether oxygens (including phenoxy) is 2. The van der Waals surface area contributed by atoms with E-state index in [9.17, 15) is 14.7 Å². The topological polar surface area (TPSA) is 109 Å². The molecule has 1 atom stereocenters. The number of carbonyl (C=O) groups excluding carboxylic acids is 2. The molecule has 0 aromatic heterocycles. The molecule has 0 saturated heterocycles. The number of carbonyl (C=O) groups is 2. The van der Waals surface area contributed by atoms with Crippen molar-refractivity contribution in [1.82, 2.24) is 10.7 Å². The molecule has 10 heteroatoms. The van der Waals surface area contributed by atoms with Gasteiger partial charge in [-0.15, -0.1) is 0 Å². The SMILES string of the molecule is CC(C)(C)OC(=O)N[C@@H](COCc1ccccc1)C(=O)N/N=C\c1cc(I)cc(I)c1O. The minimum Gasteiger partial charge on any atom is -0.506 e. The number of nitrogens with one attached hydrogen (secondary N) is 2. The van der Waals surface area contributed by atoms with Gasteiger partial charge in [-0.05, 0) is 83.6 Å². The first-order valence-electron chi connectivity index (χ1n) is 9.67. The average Bonchev–Trinajstić information content (AvgIpc) is 2.70. The van der Waals surface area contributed by atoms with Crippen molar-refractivity contribution >= 4 is 63.4 Å². The average molecular weight is 665 g/mol. The lowest BCUT2D eigenvalue weighted by atomic mass is 10.2. The standard InChI is InChI=1S/C22H25I2N3O5/c1-22(2,3)32-21(30)26-18(13-31-12-14-7-5-4-6-8-14)20(29)27-25-11-15-9-16(23)10-17(24)19(15)28/h4-11,18,28H,12-13H2,1-3H3,(H,26,30)(H,27,29)/b25-11-/t18-/m0/s1. The Morgan fingerprint density at radius 2 is 1.88 bits per heavy atom.